The van der Waals surface area contributed by atoms with Crippen molar-refractivity contribution in [3.63, 3.8) is 0 Å². The molecular weight excluding hydrogens is 304 g/mol. The largest absolute Gasteiger partial charge is 0.508 e. The summed E-state index contributed by atoms with van der Waals surface area (Å²) in [5.74, 6) is 4.45. The van der Waals surface area contributed by atoms with Crippen LogP contribution in [-0.4, -0.2) is 32.5 Å². The van der Waals surface area contributed by atoms with Gasteiger partial charge >= 0.3 is 0 Å². The maximum Gasteiger partial charge on any atom is 0.259 e. The Labute approximate surface area is 123 Å². The highest BCUT2D eigenvalue weighted by Gasteiger charge is 2.23. The molecule has 3 rings (SSSR count). The van der Waals surface area contributed by atoms with Gasteiger partial charge in [0, 0.05) is 17.3 Å². The molecule has 1 aromatic carbocycles. The zero-order valence-electron chi connectivity index (χ0n) is 9.88. The number of aromatic hydroxyl groups is 1. The van der Waals surface area contributed by atoms with Crippen LogP contribution in [0.3, 0.4) is 0 Å². The highest BCUT2D eigenvalue weighted by molar-refractivity contribution is 8.06. The van der Waals surface area contributed by atoms with E-state index in [0.717, 1.165) is 11.5 Å². The van der Waals surface area contributed by atoms with Gasteiger partial charge in [0.1, 0.15) is 5.75 Å². The molecule has 0 amide bonds. The highest BCUT2D eigenvalue weighted by Crippen LogP contribution is 2.37. The SMILES string of the molecule is Oc1ccc(Cl)c(-c2nc(C3CSCCS3)no2)c1. The topological polar surface area (TPSA) is 59.2 Å². The maximum absolute atomic E-state index is 9.50. The minimum Gasteiger partial charge on any atom is -0.508 e. The third-order valence-corrected chi connectivity index (χ3v) is 5.81. The van der Waals surface area contributed by atoms with Crippen LogP contribution in [0.2, 0.25) is 5.02 Å². The monoisotopic (exact) mass is 314 g/mol. The smallest absolute Gasteiger partial charge is 0.259 e. The summed E-state index contributed by atoms with van der Waals surface area (Å²) < 4.78 is 5.26. The molecule has 19 heavy (non-hydrogen) atoms. The van der Waals surface area contributed by atoms with Crippen LogP contribution in [0.25, 0.3) is 11.5 Å². The maximum atomic E-state index is 9.50. The Morgan fingerprint density at radius 2 is 2.26 bits per heavy atom. The van der Waals surface area contributed by atoms with E-state index in [2.05, 4.69) is 10.1 Å². The lowest BCUT2D eigenvalue weighted by atomic mass is 10.2. The summed E-state index contributed by atoms with van der Waals surface area (Å²) in [6, 6.07) is 4.67. The summed E-state index contributed by atoms with van der Waals surface area (Å²) >= 11 is 9.82. The Morgan fingerprint density at radius 3 is 3.05 bits per heavy atom. The van der Waals surface area contributed by atoms with Gasteiger partial charge in [0.25, 0.3) is 5.89 Å². The molecule has 1 aromatic heterocycles. The number of benzene rings is 1. The molecular formula is C12H11ClN2O2S2. The molecule has 0 saturated carbocycles. The molecule has 4 nitrogen and oxygen atoms in total. The first kappa shape index (κ1) is 13.1. The van der Waals surface area contributed by atoms with Gasteiger partial charge < -0.3 is 9.63 Å². The van der Waals surface area contributed by atoms with Crippen LogP contribution in [0.15, 0.2) is 22.7 Å². The van der Waals surface area contributed by atoms with Crippen LogP contribution in [0, 0.1) is 0 Å². The minimum atomic E-state index is 0.127. The molecule has 0 bridgehead atoms. The van der Waals surface area contributed by atoms with Gasteiger partial charge in [-0.15, -0.1) is 11.8 Å². The Hall–Kier alpha value is -0.850. The van der Waals surface area contributed by atoms with E-state index in [0.29, 0.717) is 22.3 Å². The van der Waals surface area contributed by atoms with Crippen LogP contribution in [0.1, 0.15) is 11.1 Å². The van der Waals surface area contributed by atoms with Crippen molar-refractivity contribution in [3.8, 4) is 17.2 Å². The molecule has 1 saturated heterocycles. The summed E-state index contributed by atoms with van der Waals surface area (Å²) in [5.41, 5.74) is 0.564. The second-order valence-electron chi connectivity index (χ2n) is 4.06. The molecule has 1 aliphatic heterocycles. The van der Waals surface area contributed by atoms with Gasteiger partial charge in [-0.25, -0.2) is 0 Å². The van der Waals surface area contributed by atoms with E-state index in [1.54, 1.807) is 6.07 Å². The van der Waals surface area contributed by atoms with E-state index in [1.807, 2.05) is 23.5 Å². The molecule has 2 heterocycles. The third-order valence-electron chi connectivity index (χ3n) is 2.73. The lowest BCUT2D eigenvalue weighted by Gasteiger charge is -2.16. The van der Waals surface area contributed by atoms with Gasteiger partial charge in [0.2, 0.25) is 0 Å². The first-order chi connectivity index (χ1) is 9.24. The van der Waals surface area contributed by atoms with Crippen molar-refractivity contribution in [2.45, 2.75) is 5.25 Å². The average molecular weight is 315 g/mol. The number of hydrogen-bond donors (Lipinski definition) is 1. The van der Waals surface area contributed by atoms with E-state index in [9.17, 15) is 5.11 Å². The van der Waals surface area contributed by atoms with Crippen molar-refractivity contribution in [3.05, 3.63) is 29.0 Å². The normalized spacial score (nSPS) is 19.5. The van der Waals surface area contributed by atoms with Crippen molar-refractivity contribution in [1.29, 1.82) is 0 Å². The second-order valence-corrected chi connectivity index (χ2v) is 6.92. The van der Waals surface area contributed by atoms with Gasteiger partial charge in [-0.1, -0.05) is 16.8 Å². The number of phenols is 1. The summed E-state index contributed by atoms with van der Waals surface area (Å²) in [6.07, 6.45) is 0. The fraction of sp³-hybridized carbons (Fsp3) is 0.333. The van der Waals surface area contributed by atoms with Crippen LogP contribution in [0.5, 0.6) is 5.75 Å². The lowest BCUT2D eigenvalue weighted by Crippen LogP contribution is -2.07. The fourth-order valence-corrected chi connectivity index (χ4v) is 4.58. The molecule has 1 N–H and O–H groups in total. The van der Waals surface area contributed by atoms with Crippen LogP contribution in [0.4, 0.5) is 0 Å². The third kappa shape index (κ3) is 2.85. The fourth-order valence-electron chi connectivity index (χ4n) is 1.79. The second kappa shape index (κ2) is 5.64. The van der Waals surface area contributed by atoms with E-state index in [4.69, 9.17) is 16.1 Å². The summed E-state index contributed by atoms with van der Waals surface area (Å²) in [5, 5.41) is 14.3. The van der Waals surface area contributed by atoms with E-state index < -0.39 is 0 Å². The van der Waals surface area contributed by atoms with Crippen molar-refractivity contribution in [1.82, 2.24) is 10.1 Å². The van der Waals surface area contributed by atoms with Crippen molar-refractivity contribution in [2.24, 2.45) is 0 Å². The average Bonchev–Trinajstić information content (AvgIpc) is 2.92. The molecule has 0 spiro atoms. The Morgan fingerprint density at radius 1 is 1.37 bits per heavy atom. The predicted molar refractivity (Wildman–Crippen MR) is 78.9 cm³/mol. The molecule has 1 aliphatic rings. The first-order valence-electron chi connectivity index (χ1n) is 5.76. The lowest BCUT2D eigenvalue weighted by molar-refractivity contribution is 0.422. The summed E-state index contributed by atoms with van der Waals surface area (Å²) in [7, 11) is 0. The van der Waals surface area contributed by atoms with E-state index in [1.165, 1.54) is 17.9 Å². The minimum absolute atomic E-state index is 0.127. The van der Waals surface area contributed by atoms with Gasteiger partial charge in [-0.05, 0) is 18.2 Å². The van der Waals surface area contributed by atoms with Gasteiger partial charge in [-0.2, -0.15) is 16.7 Å². The van der Waals surface area contributed by atoms with Crippen LogP contribution in [-0.2, 0) is 0 Å². The van der Waals surface area contributed by atoms with E-state index >= 15 is 0 Å². The Kier molecular flexibility index (Phi) is 3.91. The summed E-state index contributed by atoms with van der Waals surface area (Å²) in [6.45, 7) is 0. The van der Waals surface area contributed by atoms with Crippen molar-refractivity contribution in [2.75, 3.05) is 17.3 Å². The molecule has 100 valence electrons. The Balaban J connectivity index is 1.89. The van der Waals surface area contributed by atoms with Crippen LogP contribution < -0.4 is 0 Å². The number of halogens is 1. The number of rotatable bonds is 2. The molecule has 7 heteroatoms. The molecule has 1 atom stereocenters. The van der Waals surface area contributed by atoms with Crippen molar-refractivity contribution < 1.29 is 9.63 Å². The first-order valence-corrected chi connectivity index (χ1v) is 8.34. The Bertz CT molecular complexity index is 585. The number of aromatic nitrogens is 2. The molecule has 2 aromatic rings. The molecule has 0 radical (unpaired) electrons. The molecule has 1 fully saturated rings. The predicted octanol–water partition coefficient (Wildman–Crippen LogP) is 3.62. The zero-order chi connectivity index (χ0) is 13.2. The van der Waals surface area contributed by atoms with Crippen molar-refractivity contribution >= 4 is 35.1 Å². The number of nitrogens with zero attached hydrogens (tertiary/aromatic N) is 2. The molecule has 0 aliphatic carbocycles. The van der Waals surface area contributed by atoms with Gasteiger partial charge in [0.05, 0.1) is 15.8 Å². The van der Waals surface area contributed by atoms with Crippen LogP contribution >= 0.6 is 35.1 Å². The molecule has 1 unspecified atom stereocenters. The standard InChI is InChI=1S/C12H11ClN2O2S2/c13-9-2-1-7(16)5-8(9)12-14-11(15-17-12)10-6-18-3-4-19-10/h1-2,5,10,16H,3-4,6H2. The zero-order valence-corrected chi connectivity index (χ0v) is 12.3. The number of thioether (sulfide) groups is 2. The number of phenolic OH excluding ortho intramolecular Hbond substituents is 1. The van der Waals surface area contributed by atoms with Gasteiger partial charge in [0.15, 0.2) is 5.82 Å². The van der Waals surface area contributed by atoms with Gasteiger partial charge in [-0.3, -0.25) is 0 Å². The van der Waals surface area contributed by atoms with E-state index in [-0.39, 0.29) is 11.0 Å². The number of hydrogen-bond acceptors (Lipinski definition) is 6. The highest BCUT2D eigenvalue weighted by atomic mass is 35.5. The summed E-state index contributed by atoms with van der Waals surface area (Å²) in [4.78, 5) is 4.40. The quantitative estimate of drug-likeness (QED) is 0.913.